The zero-order valence-electron chi connectivity index (χ0n) is 6.34. The fourth-order valence-corrected chi connectivity index (χ4v) is 1.70. The molecule has 0 aliphatic rings. The van der Waals surface area contributed by atoms with Crippen LogP contribution in [-0.2, 0) is 0 Å². The number of hydrogen-bond acceptors (Lipinski definition) is 2. The van der Waals surface area contributed by atoms with Gasteiger partial charge < -0.3 is 0 Å². The minimum absolute atomic E-state index is 0.177. The van der Waals surface area contributed by atoms with Gasteiger partial charge in [0.25, 0.3) is 0 Å². The SMILES string of the molecule is O=Cc1[nH]nc2c(F)ccc(Br)c12. The van der Waals surface area contributed by atoms with Crippen LogP contribution in [0.2, 0.25) is 0 Å². The zero-order valence-corrected chi connectivity index (χ0v) is 7.93. The summed E-state index contributed by atoms with van der Waals surface area (Å²) in [6.45, 7) is 0. The van der Waals surface area contributed by atoms with Gasteiger partial charge in [-0.25, -0.2) is 4.39 Å². The van der Waals surface area contributed by atoms with E-state index < -0.39 is 5.82 Å². The van der Waals surface area contributed by atoms with Crippen molar-refractivity contribution in [3.05, 3.63) is 28.1 Å². The van der Waals surface area contributed by atoms with Crippen molar-refractivity contribution in [1.82, 2.24) is 10.2 Å². The second kappa shape index (κ2) is 2.92. The predicted molar refractivity (Wildman–Crippen MR) is 49.1 cm³/mol. The summed E-state index contributed by atoms with van der Waals surface area (Å²) >= 11 is 3.22. The zero-order chi connectivity index (χ0) is 9.42. The number of H-pyrrole nitrogens is 1. The highest BCUT2D eigenvalue weighted by Gasteiger charge is 2.11. The predicted octanol–water partition coefficient (Wildman–Crippen LogP) is 2.28. The van der Waals surface area contributed by atoms with Gasteiger partial charge >= 0.3 is 0 Å². The Bertz CT molecular complexity index is 480. The van der Waals surface area contributed by atoms with Crippen molar-refractivity contribution in [1.29, 1.82) is 0 Å². The van der Waals surface area contributed by atoms with Crippen molar-refractivity contribution in [3.8, 4) is 0 Å². The fraction of sp³-hybridized carbons (Fsp3) is 0. The molecule has 0 spiro atoms. The van der Waals surface area contributed by atoms with E-state index in [4.69, 9.17) is 0 Å². The number of benzene rings is 1. The second-order valence-corrected chi connectivity index (χ2v) is 3.36. The van der Waals surface area contributed by atoms with E-state index >= 15 is 0 Å². The van der Waals surface area contributed by atoms with E-state index in [0.717, 1.165) is 0 Å². The molecular weight excluding hydrogens is 239 g/mol. The van der Waals surface area contributed by atoms with Crippen LogP contribution in [-0.4, -0.2) is 16.5 Å². The van der Waals surface area contributed by atoms with Crippen LogP contribution < -0.4 is 0 Å². The fourth-order valence-electron chi connectivity index (χ4n) is 1.16. The van der Waals surface area contributed by atoms with Crippen molar-refractivity contribution in [2.45, 2.75) is 0 Å². The van der Waals surface area contributed by atoms with Crippen molar-refractivity contribution in [2.24, 2.45) is 0 Å². The first-order chi connectivity index (χ1) is 6.24. The maximum atomic E-state index is 13.1. The maximum absolute atomic E-state index is 13.1. The Morgan fingerprint density at radius 3 is 3.00 bits per heavy atom. The molecule has 1 N–H and O–H groups in total. The van der Waals surface area contributed by atoms with Crippen LogP contribution in [0.3, 0.4) is 0 Å². The number of aldehydes is 1. The van der Waals surface area contributed by atoms with Crippen molar-refractivity contribution >= 4 is 33.1 Å². The molecule has 0 aliphatic carbocycles. The van der Waals surface area contributed by atoms with Gasteiger partial charge in [-0.3, -0.25) is 9.89 Å². The molecule has 3 nitrogen and oxygen atoms in total. The van der Waals surface area contributed by atoms with Gasteiger partial charge in [0.05, 0.1) is 0 Å². The number of carbonyl (C=O) groups is 1. The van der Waals surface area contributed by atoms with E-state index in [-0.39, 0.29) is 11.2 Å². The van der Waals surface area contributed by atoms with Crippen LogP contribution in [0.4, 0.5) is 4.39 Å². The van der Waals surface area contributed by atoms with Crippen molar-refractivity contribution in [2.75, 3.05) is 0 Å². The summed E-state index contributed by atoms with van der Waals surface area (Å²) < 4.78 is 13.7. The summed E-state index contributed by atoms with van der Waals surface area (Å²) in [5, 5.41) is 6.63. The molecule has 0 unspecified atom stereocenters. The smallest absolute Gasteiger partial charge is 0.168 e. The van der Waals surface area contributed by atoms with Crippen LogP contribution in [0.5, 0.6) is 0 Å². The number of hydrogen-bond donors (Lipinski definition) is 1. The molecule has 0 saturated carbocycles. The highest BCUT2D eigenvalue weighted by molar-refractivity contribution is 9.10. The normalized spacial score (nSPS) is 10.6. The summed E-state index contributed by atoms with van der Waals surface area (Å²) in [5.74, 6) is -0.442. The number of halogens is 2. The number of aromatic nitrogens is 2. The minimum atomic E-state index is -0.442. The Kier molecular flexibility index (Phi) is 1.88. The van der Waals surface area contributed by atoms with Gasteiger partial charge in [-0.15, -0.1) is 0 Å². The topological polar surface area (TPSA) is 45.8 Å². The summed E-state index contributed by atoms with van der Waals surface area (Å²) in [6.07, 6.45) is 0.611. The molecule has 13 heavy (non-hydrogen) atoms. The number of fused-ring (bicyclic) bond motifs is 1. The van der Waals surface area contributed by atoms with Gasteiger partial charge in [0.15, 0.2) is 12.1 Å². The van der Waals surface area contributed by atoms with E-state index in [9.17, 15) is 9.18 Å². The Hall–Kier alpha value is -1.23. The molecule has 0 amide bonds. The third kappa shape index (κ3) is 1.16. The third-order valence-electron chi connectivity index (χ3n) is 1.75. The molecule has 1 aromatic heterocycles. The first-order valence-electron chi connectivity index (χ1n) is 3.51. The molecule has 66 valence electrons. The lowest BCUT2D eigenvalue weighted by Crippen LogP contribution is -1.81. The molecule has 0 saturated heterocycles. The third-order valence-corrected chi connectivity index (χ3v) is 2.41. The average molecular weight is 243 g/mol. The van der Waals surface area contributed by atoms with Crippen molar-refractivity contribution in [3.63, 3.8) is 0 Å². The molecule has 0 atom stereocenters. The van der Waals surface area contributed by atoms with Gasteiger partial charge in [-0.2, -0.15) is 5.10 Å². The quantitative estimate of drug-likeness (QED) is 0.781. The Morgan fingerprint density at radius 2 is 2.31 bits per heavy atom. The first-order valence-corrected chi connectivity index (χ1v) is 4.30. The Morgan fingerprint density at radius 1 is 1.54 bits per heavy atom. The standard InChI is InChI=1S/C8H4BrFN2O/c9-4-1-2-5(10)8-7(4)6(3-13)11-12-8/h1-3H,(H,11,12). The van der Waals surface area contributed by atoms with Gasteiger partial charge in [0.2, 0.25) is 0 Å². The molecule has 1 aromatic carbocycles. The molecule has 1 heterocycles. The van der Waals surface area contributed by atoms with E-state index in [0.29, 0.717) is 16.1 Å². The summed E-state index contributed by atoms with van der Waals surface area (Å²) in [4.78, 5) is 10.5. The van der Waals surface area contributed by atoms with Gasteiger partial charge in [-0.05, 0) is 12.1 Å². The van der Waals surface area contributed by atoms with E-state index in [1.54, 1.807) is 6.07 Å². The molecule has 0 fully saturated rings. The number of nitrogens with zero attached hydrogens (tertiary/aromatic N) is 1. The molecule has 5 heteroatoms. The van der Waals surface area contributed by atoms with Gasteiger partial charge in [-0.1, -0.05) is 15.9 Å². The number of aromatic amines is 1. The highest BCUT2D eigenvalue weighted by Crippen LogP contribution is 2.26. The van der Waals surface area contributed by atoms with E-state index in [2.05, 4.69) is 26.1 Å². The summed E-state index contributed by atoms with van der Waals surface area (Å²) in [5.41, 5.74) is 0.456. The summed E-state index contributed by atoms with van der Waals surface area (Å²) in [6, 6.07) is 2.84. The van der Waals surface area contributed by atoms with Crippen LogP contribution in [0, 0.1) is 5.82 Å². The minimum Gasteiger partial charge on any atom is -0.296 e. The number of nitrogens with one attached hydrogen (secondary N) is 1. The Balaban J connectivity index is 2.95. The molecule has 2 rings (SSSR count). The molecule has 0 aliphatic heterocycles. The average Bonchev–Trinajstić information content (AvgIpc) is 2.56. The van der Waals surface area contributed by atoms with Gasteiger partial charge in [0, 0.05) is 9.86 Å². The largest absolute Gasteiger partial charge is 0.296 e. The lowest BCUT2D eigenvalue weighted by atomic mass is 10.2. The van der Waals surface area contributed by atoms with Crippen LogP contribution in [0.15, 0.2) is 16.6 Å². The lowest BCUT2D eigenvalue weighted by Gasteiger charge is -1.93. The molecule has 2 aromatic rings. The van der Waals surface area contributed by atoms with Crippen LogP contribution in [0.25, 0.3) is 10.9 Å². The first kappa shape index (κ1) is 8.37. The molecular formula is C8H4BrFN2O. The highest BCUT2D eigenvalue weighted by atomic mass is 79.9. The van der Waals surface area contributed by atoms with Crippen LogP contribution in [0.1, 0.15) is 10.5 Å². The second-order valence-electron chi connectivity index (χ2n) is 2.51. The monoisotopic (exact) mass is 242 g/mol. The lowest BCUT2D eigenvalue weighted by molar-refractivity contribution is 0.112. The van der Waals surface area contributed by atoms with Crippen molar-refractivity contribution < 1.29 is 9.18 Å². The van der Waals surface area contributed by atoms with E-state index in [1.165, 1.54) is 6.07 Å². The van der Waals surface area contributed by atoms with Crippen LogP contribution >= 0.6 is 15.9 Å². The Labute approximate surface area is 81.1 Å². The number of carbonyl (C=O) groups excluding carboxylic acids is 1. The molecule has 0 bridgehead atoms. The summed E-state index contributed by atoms with van der Waals surface area (Å²) in [7, 11) is 0. The van der Waals surface area contributed by atoms with E-state index in [1.807, 2.05) is 0 Å². The molecule has 0 radical (unpaired) electrons. The van der Waals surface area contributed by atoms with Gasteiger partial charge in [0.1, 0.15) is 11.2 Å². The number of rotatable bonds is 1. The maximum Gasteiger partial charge on any atom is 0.168 e.